The predicted octanol–water partition coefficient (Wildman–Crippen LogP) is -1.19. The summed E-state index contributed by atoms with van der Waals surface area (Å²) < 4.78 is 0. The normalized spacial score (nSPS) is 10.7. The fourth-order valence-electron chi connectivity index (χ4n) is 3.07. The van der Waals surface area contributed by atoms with Crippen molar-refractivity contribution in [2.24, 2.45) is 20.5 Å². The van der Waals surface area contributed by atoms with Crippen molar-refractivity contribution in [3.8, 4) is 5.75 Å². The first kappa shape index (κ1) is 28.3. The van der Waals surface area contributed by atoms with E-state index in [1.807, 2.05) is 12.1 Å². The topological polar surface area (TPSA) is 150 Å². The van der Waals surface area contributed by atoms with E-state index in [0.717, 1.165) is 5.39 Å². The molecule has 4 rings (SSSR count). The van der Waals surface area contributed by atoms with Gasteiger partial charge in [-0.15, -0.1) is 5.11 Å². The monoisotopic (exact) mass is 484 g/mol. The summed E-state index contributed by atoms with van der Waals surface area (Å²) in [5.41, 5.74) is 0.615. The summed E-state index contributed by atoms with van der Waals surface area (Å²) in [6.45, 7) is 0. The van der Waals surface area contributed by atoms with Gasteiger partial charge in [0.15, 0.2) is 0 Å². The molecule has 0 atom stereocenters. The van der Waals surface area contributed by atoms with E-state index in [-0.39, 0.29) is 93.1 Å². The van der Waals surface area contributed by atoms with Gasteiger partial charge in [-0.25, -0.2) is 4.79 Å². The molecule has 0 radical (unpaired) electrons. The van der Waals surface area contributed by atoms with Gasteiger partial charge in [0.1, 0.15) is 5.69 Å². The van der Waals surface area contributed by atoms with Gasteiger partial charge in [0, 0.05) is 5.39 Å². The quantitative estimate of drug-likeness (QED) is 0.270. The Bertz CT molecular complexity index is 1440. The van der Waals surface area contributed by atoms with Gasteiger partial charge in [0.2, 0.25) is 0 Å². The number of benzene rings is 4. The fraction of sp³-hybridized carbons (Fsp3) is 0. The maximum atomic E-state index is 12.3. The van der Waals surface area contributed by atoms with Crippen molar-refractivity contribution in [2.75, 3.05) is 0 Å². The minimum Gasteiger partial charge on any atom is -0.871 e. The summed E-state index contributed by atoms with van der Waals surface area (Å²) in [6, 6.07) is 20.0. The number of carbonyl (C=O) groups excluding carboxylic acids is 1. The number of fused-ring (bicyclic) bond motifs is 1. The summed E-state index contributed by atoms with van der Waals surface area (Å²) >= 11 is 0. The molecule has 4 aromatic carbocycles. The number of azo groups is 2. The van der Waals surface area contributed by atoms with Crippen molar-refractivity contribution in [2.45, 2.75) is 0 Å². The van der Waals surface area contributed by atoms with E-state index < -0.39 is 11.9 Å². The Morgan fingerprint density at radius 1 is 0.743 bits per heavy atom. The molecular formula is C24H14N4Na2O5. The molecular weight excluding hydrogens is 470 g/mol. The van der Waals surface area contributed by atoms with Crippen LogP contribution in [0, 0.1) is 0 Å². The summed E-state index contributed by atoms with van der Waals surface area (Å²) in [5, 5.41) is 50.1. The number of rotatable bonds is 6. The van der Waals surface area contributed by atoms with E-state index in [4.69, 9.17) is 0 Å². The maximum Gasteiger partial charge on any atom is 1.00 e. The van der Waals surface area contributed by atoms with Crippen LogP contribution in [0.4, 0.5) is 22.7 Å². The third-order valence-electron chi connectivity index (χ3n) is 4.72. The number of aromatic carboxylic acids is 2. The largest absolute Gasteiger partial charge is 1.00 e. The van der Waals surface area contributed by atoms with E-state index in [1.165, 1.54) is 48.5 Å². The second-order valence-corrected chi connectivity index (χ2v) is 6.87. The van der Waals surface area contributed by atoms with Gasteiger partial charge in [-0.1, -0.05) is 54.3 Å². The van der Waals surface area contributed by atoms with E-state index in [1.54, 1.807) is 18.2 Å². The molecule has 0 spiro atoms. The van der Waals surface area contributed by atoms with Crippen LogP contribution in [0.5, 0.6) is 5.75 Å². The van der Waals surface area contributed by atoms with Crippen LogP contribution in [0.15, 0.2) is 99.3 Å². The molecule has 11 heteroatoms. The summed E-state index contributed by atoms with van der Waals surface area (Å²) in [6.07, 6.45) is 0. The molecule has 0 aromatic heterocycles. The second-order valence-electron chi connectivity index (χ2n) is 6.87. The molecule has 0 saturated heterocycles. The average molecular weight is 484 g/mol. The Hall–Kier alpha value is -2.92. The predicted molar refractivity (Wildman–Crippen MR) is 116 cm³/mol. The molecule has 35 heavy (non-hydrogen) atoms. The van der Waals surface area contributed by atoms with Gasteiger partial charge < -0.3 is 20.1 Å². The van der Waals surface area contributed by atoms with Crippen LogP contribution < -0.4 is 69.3 Å². The van der Waals surface area contributed by atoms with Crippen LogP contribution in [0.3, 0.4) is 0 Å². The first-order valence-corrected chi connectivity index (χ1v) is 9.63. The van der Waals surface area contributed by atoms with Gasteiger partial charge in [0.25, 0.3) is 0 Å². The van der Waals surface area contributed by atoms with Gasteiger partial charge >= 0.3 is 65.1 Å². The van der Waals surface area contributed by atoms with Crippen molar-refractivity contribution in [3.63, 3.8) is 0 Å². The minimum absolute atomic E-state index is 0. The summed E-state index contributed by atoms with van der Waals surface area (Å²) in [4.78, 5) is 22.5. The molecule has 0 aliphatic rings. The standard InChI is InChI=1S/C24H16N4O5.2Na/c29-21-12-7-14-3-1-2-4-18(14)22(21)28-27-20-11-10-17(13-19(20)24(32)33)26-25-16-8-5-15(6-9-16)23(30)31;;/h1-13,29H,(H,30,31)(H,32,33);;/q;2*+1/p-2. The van der Waals surface area contributed by atoms with Crippen LogP contribution in [0.2, 0.25) is 0 Å². The van der Waals surface area contributed by atoms with Gasteiger partial charge in [-0.2, -0.15) is 15.3 Å². The van der Waals surface area contributed by atoms with Crippen LogP contribution in [-0.2, 0) is 0 Å². The molecule has 0 fully saturated rings. The number of carboxylic acids is 2. The molecule has 4 aromatic rings. The Morgan fingerprint density at radius 3 is 2.09 bits per heavy atom. The number of nitrogens with zero attached hydrogens (tertiary/aromatic N) is 4. The molecule has 0 amide bonds. The van der Waals surface area contributed by atoms with Crippen molar-refractivity contribution in [1.82, 2.24) is 0 Å². The zero-order valence-electron chi connectivity index (χ0n) is 18.9. The van der Waals surface area contributed by atoms with Crippen molar-refractivity contribution < 1.29 is 84.0 Å². The summed E-state index contributed by atoms with van der Waals surface area (Å²) in [5.74, 6) is -2.88. The van der Waals surface area contributed by atoms with E-state index in [9.17, 15) is 24.9 Å². The van der Waals surface area contributed by atoms with Crippen molar-refractivity contribution in [3.05, 3.63) is 90.0 Å². The van der Waals surface area contributed by atoms with Crippen LogP contribution in [-0.4, -0.2) is 17.0 Å². The van der Waals surface area contributed by atoms with Crippen molar-refractivity contribution >= 4 is 45.5 Å². The number of hydrogen-bond acceptors (Lipinski definition) is 8. The molecule has 162 valence electrons. The summed E-state index contributed by atoms with van der Waals surface area (Å²) in [7, 11) is 0. The molecule has 1 N–H and O–H groups in total. The zero-order valence-corrected chi connectivity index (χ0v) is 22.9. The minimum atomic E-state index is -1.30. The smallest absolute Gasteiger partial charge is 0.871 e. The van der Waals surface area contributed by atoms with Gasteiger partial charge in [-0.3, -0.25) is 0 Å². The van der Waals surface area contributed by atoms with Crippen LogP contribution in [0.1, 0.15) is 20.7 Å². The third-order valence-corrected chi connectivity index (χ3v) is 4.72. The third kappa shape index (κ3) is 6.82. The van der Waals surface area contributed by atoms with Crippen LogP contribution in [0.25, 0.3) is 10.8 Å². The Morgan fingerprint density at radius 2 is 1.40 bits per heavy atom. The number of carbonyl (C=O) groups is 2. The average Bonchev–Trinajstić information content (AvgIpc) is 2.82. The molecule has 0 unspecified atom stereocenters. The van der Waals surface area contributed by atoms with Crippen molar-refractivity contribution in [1.29, 1.82) is 0 Å². The first-order chi connectivity index (χ1) is 15.9. The molecule has 0 bridgehead atoms. The zero-order chi connectivity index (χ0) is 23.4. The molecule has 0 heterocycles. The van der Waals surface area contributed by atoms with Gasteiger partial charge in [0.05, 0.1) is 28.6 Å². The van der Waals surface area contributed by atoms with Crippen LogP contribution >= 0.6 is 0 Å². The van der Waals surface area contributed by atoms with Gasteiger partial charge in [-0.05, 0) is 41.3 Å². The number of carboxylic acid groups (broad SMARTS) is 2. The number of hydrogen-bond donors (Lipinski definition) is 1. The molecule has 9 nitrogen and oxygen atoms in total. The fourth-order valence-corrected chi connectivity index (χ4v) is 3.07. The Labute approximate surface area is 243 Å². The Balaban J connectivity index is 0.00000216. The van der Waals surface area contributed by atoms with E-state index in [2.05, 4.69) is 20.5 Å². The Kier molecular flexibility index (Phi) is 10.3. The first-order valence-electron chi connectivity index (χ1n) is 9.63. The molecule has 0 aliphatic heterocycles. The van der Waals surface area contributed by atoms with E-state index in [0.29, 0.717) is 11.1 Å². The maximum absolute atomic E-state index is 12.3. The molecule has 0 saturated carbocycles. The molecule has 0 aliphatic carbocycles. The second kappa shape index (κ2) is 12.7. The SMILES string of the molecule is O=C([O-])c1ccc(N=Nc2ccc(N=Nc3c([O-])ccc4ccccc34)c(C(=O)O)c2)cc1.[Na+].[Na+]. The van der Waals surface area contributed by atoms with E-state index >= 15 is 0 Å².